The summed E-state index contributed by atoms with van der Waals surface area (Å²) in [5.41, 5.74) is 1.23. The van der Waals surface area contributed by atoms with Crippen LogP contribution in [-0.2, 0) is 11.3 Å². The van der Waals surface area contributed by atoms with Gasteiger partial charge in [-0.25, -0.2) is 0 Å². The number of carbonyl (C=O) groups excluding carboxylic acids is 1. The molecule has 3 rings (SSSR count). The number of carbonyl (C=O) groups is 1. The second kappa shape index (κ2) is 10.8. The predicted octanol–water partition coefficient (Wildman–Crippen LogP) is 3.64. The maximum Gasteiger partial charge on any atom is 0.387 e. The summed E-state index contributed by atoms with van der Waals surface area (Å²) in [6.07, 6.45) is 6.08. The normalized spacial score (nSPS) is 15.1. The summed E-state index contributed by atoms with van der Waals surface area (Å²) in [6, 6.07) is 7.25. The molecule has 0 saturated carbocycles. The van der Waals surface area contributed by atoms with Crippen LogP contribution in [0.25, 0.3) is 6.08 Å². The lowest BCUT2D eigenvalue weighted by atomic mass is 10.1. The zero-order valence-electron chi connectivity index (χ0n) is 16.5. The minimum absolute atomic E-state index is 0.144. The molecule has 1 aromatic heterocycles. The van der Waals surface area contributed by atoms with Crippen molar-refractivity contribution in [1.29, 1.82) is 0 Å². The first-order chi connectivity index (χ1) is 14.9. The summed E-state index contributed by atoms with van der Waals surface area (Å²) >= 11 is 0. The second-order valence-corrected chi connectivity index (χ2v) is 6.75. The molecule has 1 saturated heterocycles. The molecule has 0 bridgehead atoms. The van der Waals surface area contributed by atoms with Crippen LogP contribution in [0.15, 0.2) is 48.8 Å². The highest BCUT2D eigenvalue weighted by Gasteiger charge is 2.20. The molecule has 0 aliphatic carbocycles. The lowest BCUT2D eigenvalue weighted by Crippen LogP contribution is -2.47. The number of nitrogens with zero attached hydrogens (tertiary/aromatic N) is 3. The molecule has 0 N–H and O–H groups in total. The minimum Gasteiger partial charge on any atom is -0.435 e. The number of ether oxygens (including phenoxy) is 2. The van der Waals surface area contributed by atoms with Crippen molar-refractivity contribution >= 4 is 12.0 Å². The molecule has 1 aliphatic rings. The maximum absolute atomic E-state index is 12.7. The number of rotatable bonds is 8. The van der Waals surface area contributed by atoms with Gasteiger partial charge in [-0.2, -0.15) is 17.6 Å². The van der Waals surface area contributed by atoms with E-state index in [9.17, 15) is 22.4 Å². The van der Waals surface area contributed by atoms with Crippen molar-refractivity contribution in [3.8, 4) is 11.5 Å². The van der Waals surface area contributed by atoms with Crippen LogP contribution in [0.1, 0.15) is 11.1 Å². The molecular weight excluding hydrogens is 418 g/mol. The van der Waals surface area contributed by atoms with Crippen molar-refractivity contribution in [2.45, 2.75) is 19.8 Å². The molecule has 2 aromatic rings. The van der Waals surface area contributed by atoms with E-state index in [0.29, 0.717) is 26.2 Å². The van der Waals surface area contributed by atoms with Gasteiger partial charge in [0.2, 0.25) is 5.91 Å². The Balaban J connectivity index is 1.59. The fourth-order valence-electron chi connectivity index (χ4n) is 3.17. The number of hydrogen-bond acceptors (Lipinski definition) is 5. The molecular formula is C21H21F4N3O3. The second-order valence-electron chi connectivity index (χ2n) is 6.75. The van der Waals surface area contributed by atoms with Crippen molar-refractivity contribution < 1.29 is 31.8 Å². The lowest BCUT2D eigenvalue weighted by Gasteiger charge is -2.34. The van der Waals surface area contributed by atoms with E-state index < -0.39 is 13.2 Å². The van der Waals surface area contributed by atoms with Crippen LogP contribution >= 0.6 is 0 Å². The molecule has 31 heavy (non-hydrogen) atoms. The molecule has 0 spiro atoms. The molecule has 1 aromatic carbocycles. The number of pyridine rings is 1. The summed E-state index contributed by atoms with van der Waals surface area (Å²) in [4.78, 5) is 20.4. The van der Waals surface area contributed by atoms with Crippen molar-refractivity contribution in [2.24, 2.45) is 0 Å². The Bertz CT molecular complexity index is 889. The van der Waals surface area contributed by atoms with Crippen LogP contribution in [-0.4, -0.2) is 60.1 Å². The van der Waals surface area contributed by atoms with E-state index in [1.165, 1.54) is 24.3 Å². The molecule has 0 unspecified atom stereocenters. The number of aromatic nitrogens is 1. The summed E-state index contributed by atoms with van der Waals surface area (Å²) in [5, 5.41) is 0. The van der Waals surface area contributed by atoms with Crippen molar-refractivity contribution in [3.05, 3.63) is 59.9 Å². The molecule has 6 nitrogen and oxygen atoms in total. The van der Waals surface area contributed by atoms with E-state index in [-0.39, 0.29) is 23.0 Å². The minimum atomic E-state index is -3.16. The van der Waals surface area contributed by atoms with Gasteiger partial charge in [-0.3, -0.25) is 14.7 Å². The number of alkyl halides is 4. The van der Waals surface area contributed by atoms with Crippen LogP contribution in [0.2, 0.25) is 0 Å². The highest BCUT2D eigenvalue weighted by Crippen LogP contribution is 2.28. The lowest BCUT2D eigenvalue weighted by molar-refractivity contribution is -0.127. The number of amides is 1. The van der Waals surface area contributed by atoms with Gasteiger partial charge in [0, 0.05) is 62.8 Å². The third kappa shape index (κ3) is 6.95. The highest BCUT2D eigenvalue weighted by atomic mass is 19.3. The molecule has 1 amide bonds. The van der Waals surface area contributed by atoms with Gasteiger partial charge in [0.05, 0.1) is 0 Å². The standard InChI is InChI=1S/C21H21F4N3O3/c22-20(23)30-17-5-3-16(18(12-17)31-21(24)25)4-6-19(29)28-10-8-27(9-11-28)14-15-2-1-7-26-13-15/h1-7,12-13,20-21H,8-11,14H2/b6-4+. The molecule has 0 radical (unpaired) electrons. The molecule has 1 aliphatic heterocycles. The Hall–Kier alpha value is -3.14. The van der Waals surface area contributed by atoms with Gasteiger partial charge in [-0.05, 0) is 29.8 Å². The number of piperazine rings is 1. The summed E-state index contributed by atoms with van der Waals surface area (Å²) < 4.78 is 58.6. The molecule has 1 fully saturated rings. The molecule has 2 heterocycles. The predicted molar refractivity (Wildman–Crippen MR) is 105 cm³/mol. The quantitative estimate of drug-likeness (QED) is 0.464. The van der Waals surface area contributed by atoms with Crippen molar-refractivity contribution in [2.75, 3.05) is 26.2 Å². The Morgan fingerprint density at radius 3 is 2.45 bits per heavy atom. The van der Waals surface area contributed by atoms with Crippen LogP contribution in [0.4, 0.5) is 17.6 Å². The van der Waals surface area contributed by atoms with Gasteiger partial charge in [0.25, 0.3) is 0 Å². The number of benzene rings is 1. The van der Waals surface area contributed by atoms with Crippen LogP contribution in [0, 0.1) is 0 Å². The largest absolute Gasteiger partial charge is 0.435 e. The van der Waals surface area contributed by atoms with Gasteiger partial charge in [-0.15, -0.1) is 0 Å². The fourth-order valence-corrected chi connectivity index (χ4v) is 3.17. The van der Waals surface area contributed by atoms with E-state index in [1.807, 2.05) is 12.1 Å². The third-order valence-corrected chi connectivity index (χ3v) is 4.64. The topological polar surface area (TPSA) is 54.9 Å². The number of halogens is 4. The summed E-state index contributed by atoms with van der Waals surface area (Å²) in [6.45, 7) is -3.10. The molecule has 10 heteroatoms. The van der Waals surface area contributed by atoms with E-state index in [1.54, 1.807) is 17.3 Å². The van der Waals surface area contributed by atoms with Gasteiger partial charge >= 0.3 is 13.2 Å². The van der Waals surface area contributed by atoms with E-state index in [4.69, 9.17) is 0 Å². The highest BCUT2D eigenvalue weighted by molar-refractivity contribution is 5.92. The average molecular weight is 439 g/mol. The fraction of sp³-hybridized carbons (Fsp3) is 0.333. The Kier molecular flexibility index (Phi) is 7.82. The van der Waals surface area contributed by atoms with Gasteiger partial charge in [0.1, 0.15) is 11.5 Å². The smallest absolute Gasteiger partial charge is 0.387 e. The average Bonchev–Trinajstić information content (AvgIpc) is 2.73. The molecule has 166 valence electrons. The number of hydrogen-bond donors (Lipinski definition) is 0. The Morgan fingerprint density at radius 2 is 1.81 bits per heavy atom. The Labute approximate surface area is 176 Å². The molecule has 0 atom stereocenters. The monoisotopic (exact) mass is 439 g/mol. The Morgan fingerprint density at radius 1 is 1.06 bits per heavy atom. The van der Waals surface area contributed by atoms with Crippen LogP contribution in [0.3, 0.4) is 0 Å². The van der Waals surface area contributed by atoms with Crippen LogP contribution < -0.4 is 9.47 Å². The van der Waals surface area contributed by atoms with Crippen molar-refractivity contribution in [3.63, 3.8) is 0 Å². The van der Waals surface area contributed by atoms with E-state index in [0.717, 1.165) is 18.2 Å². The van der Waals surface area contributed by atoms with Gasteiger partial charge < -0.3 is 14.4 Å². The third-order valence-electron chi connectivity index (χ3n) is 4.64. The first kappa shape index (κ1) is 22.5. The van der Waals surface area contributed by atoms with Crippen molar-refractivity contribution in [1.82, 2.24) is 14.8 Å². The van der Waals surface area contributed by atoms with Gasteiger partial charge in [0.15, 0.2) is 0 Å². The van der Waals surface area contributed by atoms with E-state index in [2.05, 4.69) is 19.4 Å². The zero-order valence-corrected chi connectivity index (χ0v) is 16.5. The van der Waals surface area contributed by atoms with Crippen LogP contribution in [0.5, 0.6) is 11.5 Å². The first-order valence-corrected chi connectivity index (χ1v) is 9.52. The maximum atomic E-state index is 12.7. The summed E-state index contributed by atoms with van der Waals surface area (Å²) in [7, 11) is 0. The van der Waals surface area contributed by atoms with E-state index >= 15 is 0 Å². The SMILES string of the molecule is O=C(/C=C/c1ccc(OC(F)F)cc1OC(F)F)N1CCN(Cc2cccnc2)CC1. The zero-order chi connectivity index (χ0) is 22.2. The van der Waals surface area contributed by atoms with Gasteiger partial charge in [-0.1, -0.05) is 6.07 Å². The first-order valence-electron chi connectivity index (χ1n) is 9.52. The summed E-state index contributed by atoms with van der Waals surface area (Å²) in [5.74, 6) is -0.964.